The fourth-order valence-electron chi connectivity index (χ4n) is 1.95. The maximum Gasteiger partial charge on any atom is 0.317 e. The summed E-state index contributed by atoms with van der Waals surface area (Å²) in [6.45, 7) is 6.99. The molecule has 0 aliphatic carbocycles. The van der Waals surface area contributed by atoms with Gasteiger partial charge in [-0.25, -0.2) is 9.78 Å². The maximum absolute atomic E-state index is 12.1. The van der Waals surface area contributed by atoms with E-state index in [0.29, 0.717) is 31.2 Å². The molecule has 0 unspecified atom stereocenters. The molecule has 2 heterocycles. The molecule has 0 aromatic carbocycles. The minimum Gasteiger partial charge on any atom is -0.339 e. The molecule has 0 fully saturated rings. The van der Waals surface area contributed by atoms with Gasteiger partial charge in [-0.2, -0.15) is 10.1 Å². The van der Waals surface area contributed by atoms with Crippen molar-refractivity contribution in [3.05, 3.63) is 24.4 Å². The van der Waals surface area contributed by atoms with Crippen LogP contribution in [0.3, 0.4) is 0 Å². The minimum atomic E-state index is -0.148. The molecule has 0 spiro atoms. The molecular formula is C14H23N7O2. The molecule has 2 rings (SSSR count). The SMILES string of the molecule is CC(C)c1nc(CCN(C)C(=O)N[C@H](C)Cn2cncn2)no1. The lowest BCUT2D eigenvalue weighted by Gasteiger charge is -2.20. The van der Waals surface area contributed by atoms with Crippen molar-refractivity contribution >= 4 is 6.03 Å². The smallest absolute Gasteiger partial charge is 0.317 e. The number of likely N-dealkylation sites (N-methyl/N-ethyl adjacent to an activating group) is 1. The third-order valence-electron chi connectivity index (χ3n) is 3.29. The van der Waals surface area contributed by atoms with E-state index in [0.717, 1.165) is 0 Å². The molecule has 9 heteroatoms. The molecule has 0 saturated heterocycles. The number of carbonyl (C=O) groups is 1. The summed E-state index contributed by atoms with van der Waals surface area (Å²) in [5.74, 6) is 1.44. The van der Waals surface area contributed by atoms with E-state index in [2.05, 4.69) is 25.5 Å². The first kappa shape index (κ1) is 16.9. The lowest BCUT2D eigenvalue weighted by Crippen LogP contribution is -2.44. The summed E-state index contributed by atoms with van der Waals surface area (Å²) in [6, 6.07) is -0.199. The summed E-state index contributed by atoms with van der Waals surface area (Å²) in [5, 5.41) is 10.8. The van der Waals surface area contributed by atoms with Gasteiger partial charge in [-0.3, -0.25) is 4.68 Å². The van der Waals surface area contributed by atoms with E-state index in [9.17, 15) is 4.79 Å². The van der Waals surface area contributed by atoms with Crippen molar-refractivity contribution in [2.75, 3.05) is 13.6 Å². The third-order valence-corrected chi connectivity index (χ3v) is 3.29. The molecule has 2 aromatic heterocycles. The number of hydrogen-bond donors (Lipinski definition) is 1. The molecule has 1 N–H and O–H groups in total. The normalized spacial score (nSPS) is 12.4. The fourth-order valence-corrected chi connectivity index (χ4v) is 1.95. The average molecular weight is 321 g/mol. The largest absolute Gasteiger partial charge is 0.339 e. The summed E-state index contributed by atoms with van der Waals surface area (Å²) in [7, 11) is 1.74. The molecule has 9 nitrogen and oxygen atoms in total. The molecule has 23 heavy (non-hydrogen) atoms. The predicted molar refractivity (Wildman–Crippen MR) is 82.7 cm³/mol. The van der Waals surface area contributed by atoms with Crippen LogP contribution in [0.15, 0.2) is 17.2 Å². The van der Waals surface area contributed by atoms with Gasteiger partial charge in [0.05, 0.1) is 6.54 Å². The van der Waals surface area contributed by atoms with Crippen molar-refractivity contribution in [3.8, 4) is 0 Å². The summed E-state index contributed by atoms with van der Waals surface area (Å²) in [6.07, 6.45) is 3.64. The second-order valence-corrected chi connectivity index (χ2v) is 5.84. The molecule has 2 amide bonds. The second-order valence-electron chi connectivity index (χ2n) is 5.84. The standard InChI is InChI=1S/C14H23N7O2/c1-10(2)13-18-12(19-23-13)5-6-20(4)14(22)17-11(3)7-21-9-15-8-16-21/h8-11H,5-7H2,1-4H3,(H,17,22)/t11-/m1/s1. The van der Waals surface area contributed by atoms with Crippen molar-refractivity contribution in [2.45, 2.75) is 45.7 Å². The van der Waals surface area contributed by atoms with Gasteiger partial charge >= 0.3 is 6.03 Å². The molecule has 0 saturated carbocycles. The van der Waals surface area contributed by atoms with Gasteiger partial charge in [0.1, 0.15) is 12.7 Å². The van der Waals surface area contributed by atoms with Crippen molar-refractivity contribution < 1.29 is 9.32 Å². The Morgan fingerprint density at radius 1 is 1.43 bits per heavy atom. The van der Waals surface area contributed by atoms with Crippen LogP contribution in [0, 0.1) is 0 Å². The van der Waals surface area contributed by atoms with E-state index < -0.39 is 0 Å². The quantitative estimate of drug-likeness (QED) is 0.818. The number of amides is 2. The molecular weight excluding hydrogens is 298 g/mol. The van der Waals surface area contributed by atoms with Crippen molar-refractivity contribution in [1.82, 2.24) is 35.1 Å². The molecule has 0 bridgehead atoms. The zero-order chi connectivity index (χ0) is 16.8. The van der Waals surface area contributed by atoms with Gasteiger partial charge < -0.3 is 14.7 Å². The highest BCUT2D eigenvalue weighted by Gasteiger charge is 2.15. The van der Waals surface area contributed by atoms with Crippen LogP contribution in [0.2, 0.25) is 0 Å². The lowest BCUT2D eigenvalue weighted by molar-refractivity contribution is 0.204. The average Bonchev–Trinajstić information content (AvgIpc) is 3.15. The highest BCUT2D eigenvalue weighted by molar-refractivity contribution is 5.74. The summed E-state index contributed by atoms with van der Waals surface area (Å²) < 4.78 is 6.82. The number of hydrogen-bond acceptors (Lipinski definition) is 6. The first-order valence-electron chi connectivity index (χ1n) is 7.62. The van der Waals surface area contributed by atoms with Gasteiger partial charge in [-0.1, -0.05) is 19.0 Å². The van der Waals surface area contributed by atoms with Gasteiger partial charge in [0.2, 0.25) is 5.89 Å². The number of nitrogens with zero attached hydrogens (tertiary/aromatic N) is 6. The molecule has 0 aliphatic heterocycles. The van der Waals surface area contributed by atoms with E-state index in [1.54, 1.807) is 23.0 Å². The third kappa shape index (κ3) is 5.04. The molecule has 0 aliphatic rings. The Bertz CT molecular complexity index is 608. The second kappa shape index (κ2) is 7.70. The Kier molecular flexibility index (Phi) is 5.67. The van der Waals surface area contributed by atoms with Crippen molar-refractivity contribution in [3.63, 3.8) is 0 Å². The van der Waals surface area contributed by atoms with Gasteiger partial charge in [0.15, 0.2) is 5.82 Å². The zero-order valence-electron chi connectivity index (χ0n) is 13.9. The fraction of sp³-hybridized carbons (Fsp3) is 0.643. The summed E-state index contributed by atoms with van der Waals surface area (Å²) in [4.78, 5) is 21.9. The first-order chi connectivity index (χ1) is 11.0. The Morgan fingerprint density at radius 3 is 2.83 bits per heavy atom. The molecule has 126 valence electrons. The highest BCUT2D eigenvalue weighted by atomic mass is 16.5. The van der Waals surface area contributed by atoms with E-state index in [-0.39, 0.29) is 18.0 Å². The van der Waals surface area contributed by atoms with E-state index in [1.807, 2.05) is 20.8 Å². The zero-order valence-corrected chi connectivity index (χ0v) is 13.9. The van der Waals surface area contributed by atoms with Gasteiger partial charge in [-0.15, -0.1) is 0 Å². The van der Waals surface area contributed by atoms with E-state index >= 15 is 0 Å². The Balaban J connectivity index is 1.75. The first-order valence-corrected chi connectivity index (χ1v) is 7.62. The van der Waals surface area contributed by atoms with Crippen LogP contribution in [0.1, 0.15) is 38.4 Å². The summed E-state index contributed by atoms with van der Waals surface area (Å²) in [5.41, 5.74) is 0. The highest BCUT2D eigenvalue weighted by Crippen LogP contribution is 2.11. The molecule has 2 aromatic rings. The number of urea groups is 1. The summed E-state index contributed by atoms with van der Waals surface area (Å²) >= 11 is 0. The van der Waals surface area contributed by atoms with Crippen LogP contribution in [-0.2, 0) is 13.0 Å². The maximum atomic E-state index is 12.1. The van der Waals surface area contributed by atoms with E-state index in [1.165, 1.54) is 6.33 Å². The molecule has 1 atom stereocenters. The lowest BCUT2D eigenvalue weighted by atomic mass is 10.2. The number of carbonyl (C=O) groups excluding carboxylic acids is 1. The van der Waals surface area contributed by atoms with Gasteiger partial charge in [0, 0.05) is 32.0 Å². The predicted octanol–water partition coefficient (Wildman–Crippen LogP) is 1.06. The van der Waals surface area contributed by atoms with Crippen LogP contribution in [0.5, 0.6) is 0 Å². The number of aromatic nitrogens is 5. The van der Waals surface area contributed by atoms with Crippen molar-refractivity contribution in [2.24, 2.45) is 0 Å². The minimum absolute atomic E-state index is 0.0515. The van der Waals surface area contributed by atoms with E-state index in [4.69, 9.17) is 4.52 Å². The van der Waals surface area contributed by atoms with Gasteiger partial charge in [0.25, 0.3) is 0 Å². The Morgan fingerprint density at radius 2 is 2.22 bits per heavy atom. The number of rotatable bonds is 7. The van der Waals surface area contributed by atoms with Crippen LogP contribution in [0.4, 0.5) is 4.79 Å². The molecule has 0 radical (unpaired) electrons. The Hall–Kier alpha value is -2.45. The topological polar surface area (TPSA) is 102 Å². The van der Waals surface area contributed by atoms with Crippen LogP contribution >= 0.6 is 0 Å². The Labute approximate surface area is 135 Å². The van der Waals surface area contributed by atoms with Crippen LogP contribution in [-0.4, -0.2) is 55.5 Å². The van der Waals surface area contributed by atoms with Crippen molar-refractivity contribution in [1.29, 1.82) is 0 Å². The number of nitrogens with one attached hydrogen (secondary N) is 1. The monoisotopic (exact) mass is 321 g/mol. The van der Waals surface area contributed by atoms with Crippen LogP contribution < -0.4 is 5.32 Å². The van der Waals surface area contributed by atoms with Gasteiger partial charge in [-0.05, 0) is 6.92 Å². The van der Waals surface area contributed by atoms with Crippen LogP contribution in [0.25, 0.3) is 0 Å².